The number of amides is 1. The van der Waals surface area contributed by atoms with Gasteiger partial charge in [-0.1, -0.05) is 6.92 Å². The molecule has 0 atom stereocenters. The number of carbonyl (C=O) groups is 1. The third kappa shape index (κ3) is 5.50. The van der Waals surface area contributed by atoms with Crippen molar-refractivity contribution in [1.29, 1.82) is 0 Å². The van der Waals surface area contributed by atoms with Gasteiger partial charge in [0.25, 0.3) is 11.9 Å². The average molecular weight is 309 g/mol. The molecule has 1 aromatic rings. The Morgan fingerprint density at radius 2 is 2.27 bits per heavy atom. The maximum atomic E-state index is 12.0. The van der Waals surface area contributed by atoms with Crippen molar-refractivity contribution < 1.29 is 18.7 Å². The van der Waals surface area contributed by atoms with E-state index >= 15 is 0 Å². The highest BCUT2D eigenvalue weighted by Crippen LogP contribution is 2.00. The monoisotopic (exact) mass is 309 g/mol. The Labute approximate surface area is 130 Å². The molecule has 0 unspecified atom stereocenters. The smallest absolute Gasteiger partial charge is 0.294 e. The molecule has 1 N–H and O–H groups in total. The van der Waals surface area contributed by atoms with Gasteiger partial charge in [0.15, 0.2) is 5.76 Å². The lowest BCUT2D eigenvalue weighted by Crippen LogP contribution is -2.38. The molecule has 22 heavy (non-hydrogen) atoms. The Morgan fingerprint density at radius 1 is 1.45 bits per heavy atom. The van der Waals surface area contributed by atoms with Gasteiger partial charge >= 0.3 is 0 Å². The lowest BCUT2D eigenvalue weighted by molar-refractivity contribution is 0.0394. The minimum atomic E-state index is -0.355. The van der Waals surface area contributed by atoms with Crippen molar-refractivity contribution in [3.8, 4) is 0 Å². The molecule has 7 heteroatoms. The van der Waals surface area contributed by atoms with Gasteiger partial charge in [-0.15, -0.1) is 0 Å². The number of rotatable bonds is 6. The van der Waals surface area contributed by atoms with E-state index in [9.17, 15) is 4.79 Å². The first-order valence-electron chi connectivity index (χ1n) is 7.62. The number of aliphatic imine (C=N–C) groups is 1. The van der Waals surface area contributed by atoms with E-state index < -0.39 is 0 Å². The highest BCUT2D eigenvalue weighted by Gasteiger charge is 2.13. The summed E-state index contributed by atoms with van der Waals surface area (Å²) in [6, 6.07) is 3.51. The zero-order valence-corrected chi connectivity index (χ0v) is 12.9. The molecule has 1 aromatic heterocycles. The van der Waals surface area contributed by atoms with Crippen molar-refractivity contribution in [2.45, 2.75) is 13.3 Å². The highest BCUT2D eigenvalue weighted by molar-refractivity contribution is 6.02. The summed E-state index contributed by atoms with van der Waals surface area (Å²) >= 11 is 0. The van der Waals surface area contributed by atoms with Crippen LogP contribution in [0.1, 0.15) is 23.9 Å². The summed E-state index contributed by atoms with van der Waals surface area (Å²) in [5.41, 5.74) is 0. The zero-order valence-electron chi connectivity index (χ0n) is 12.9. The van der Waals surface area contributed by atoms with Crippen molar-refractivity contribution >= 4 is 11.9 Å². The van der Waals surface area contributed by atoms with Crippen LogP contribution in [0.2, 0.25) is 0 Å². The number of ether oxygens (including phenoxy) is 2. The number of nitrogens with one attached hydrogen (secondary N) is 1. The summed E-state index contributed by atoms with van der Waals surface area (Å²) in [5.74, 6) is -0.118. The summed E-state index contributed by atoms with van der Waals surface area (Å²) in [6.45, 7) is 7.25. The first-order chi connectivity index (χ1) is 10.8. The maximum absolute atomic E-state index is 12.0. The molecule has 1 fully saturated rings. The molecule has 0 aromatic carbocycles. The topological polar surface area (TPSA) is 76.3 Å². The third-order valence-electron chi connectivity index (χ3n) is 3.18. The predicted octanol–water partition coefficient (Wildman–Crippen LogP) is 1.12. The molecule has 0 radical (unpaired) electrons. The first-order valence-corrected chi connectivity index (χ1v) is 7.62. The third-order valence-corrected chi connectivity index (χ3v) is 3.18. The molecule has 1 saturated heterocycles. The standard InChI is InChI=1S/C15H23N3O4/c1-2-9-22-15(17-14(19)13-4-3-10-21-13)16-5-6-18-7-11-20-12-8-18/h3-4,10H,2,5-9,11-12H2,1H3,(H,16,17,19). The van der Waals surface area contributed by atoms with E-state index in [0.29, 0.717) is 13.2 Å². The summed E-state index contributed by atoms with van der Waals surface area (Å²) in [7, 11) is 0. The van der Waals surface area contributed by atoms with Gasteiger partial charge in [0.2, 0.25) is 0 Å². The van der Waals surface area contributed by atoms with Gasteiger partial charge in [0.1, 0.15) is 0 Å². The molecule has 0 aliphatic carbocycles. The largest absolute Gasteiger partial charge is 0.465 e. The van der Waals surface area contributed by atoms with Gasteiger partial charge in [-0.25, -0.2) is 4.99 Å². The number of hydrogen-bond acceptors (Lipinski definition) is 6. The highest BCUT2D eigenvalue weighted by atomic mass is 16.5. The van der Waals surface area contributed by atoms with Crippen molar-refractivity contribution in [3.63, 3.8) is 0 Å². The Morgan fingerprint density at radius 3 is 2.95 bits per heavy atom. The number of nitrogens with zero attached hydrogens (tertiary/aromatic N) is 2. The van der Waals surface area contributed by atoms with Crippen LogP contribution in [0.15, 0.2) is 27.8 Å². The van der Waals surface area contributed by atoms with Crippen molar-refractivity contribution in [1.82, 2.24) is 10.2 Å². The van der Waals surface area contributed by atoms with Gasteiger partial charge in [0, 0.05) is 19.6 Å². The molecule has 1 amide bonds. The van der Waals surface area contributed by atoms with Crippen LogP contribution in [0.5, 0.6) is 0 Å². The fourth-order valence-electron chi connectivity index (χ4n) is 2.00. The van der Waals surface area contributed by atoms with Crippen LogP contribution in [0.25, 0.3) is 0 Å². The minimum Gasteiger partial charge on any atom is -0.465 e. The van der Waals surface area contributed by atoms with Gasteiger partial charge < -0.3 is 13.9 Å². The molecule has 0 bridgehead atoms. The van der Waals surface area contributed by atoms with E-state index in [1.165, 1.54) is 6.26 Å². The summed E-state index contributed by atoms with van der Waals surface area (Å²) in [4.78, 5) is 18.6. The Balaban J connectivity index is 1.84. The fourth-order valence-corrected chi connectivity index (χ4v) is 2.00. The average Bonchev–Trinajstić information content (AvgIpc) is 3.08. The lowest BCUT2D eigenvalue weighted by atomic mass is 10.4. The molecular formula is C15H23N3O4. The van der Waals surface area contributed by atoms with Crippen LogP contribution in [-0.4, -0.2) is 62.8 Å². The van der Waals surface area contributed by atoms with E-state index in [1.54, 1.807) is 12.1 Å². The summed E-state index contributed by atoms with van der Waals surface area (Å²) < 4.78 is 15.8. The first kappa shape index (κ1) is 16.5. The molecule has 1 aliphatic rings. The SMILES string of the molecule is CCCOC(=NCCN1CCOCC1)NC(=O)c1ccco1. The van der Waals surface area contributed by atoms with E-state index in [1.807, 2.05) is 6.92 Å². The molecule has 7 nitrogen and oxygen atoms in total. The number of morpholine rings is 1. The second kappa shape index (κ2) is 9.22. The molecule has 1 aliphatic heterocycles. The fraction of sp³-hybridized carbons (Fsp3) is 0.600. The normalized spacial score (nSPS) is 16.5. The second-order valence-corrected chi connectivity index (χ2v) is 4.92. The summed E-state index contributed by atoms with van der Waals surface area (Å²) in [6.07, 6.45) is 2.30. The van der Waals surface area contributed by atoms with Gasteiger partial charge in [-0.05, 0) is 18.6 Å². The Bertz CT molecular complexity index is 467. The van der Waals surface area contributed by atoms with Crippen molar-refractivity contribution in [2.75, 3.05) is 46.0 Å². The number of amidine groups is 1. The minimum absolute atomic E-state index is 0.237. The van der Waals surface area contributed by atoms with E-state index in [2.05, 4.69) is 15.2 Å². The molecule has 2 rings (SSSR count). The van der Waals surface area contributed by atoms with Crippen LogP contribution in [0, 0.1) is 0 Å². The van der Waals surface area contributed by atoms with Gasteiger partial charge in [-0.2, -0.15) is 0 Å². The second-order valence-electron chi connectivity index (χ2n) is 4.92. The van der Waals surface area contributed by atoms with E-state index in [-0.39, 0.29) is 17.7 Å². The van der Waals surface area contributed by atoms with Gasteiger partial charge in [-0.3, -0.25) is 15.0 Å². The molecule has 2 heterocycles. The van der Waals surface area contributed by atoms with E-state index in [0.717, 1.165) is 39.3 Å². The maximum Gasteiger partial charge on any atom is 0.294 e. The van der Waals surface area contributed by atoms with Crippen molar-refractivity contribution in [3.05, 3.63) is 24.2 Å². The number of carbonyl (C=O) groups excluding carboxylic acids is 1. The van der Waals surface area contributed by atoms with Crippen LogP contribution < -0.4 is 5.32 Å². The number of furan rings is 1. The zero-order chi connectivity index (χ0) is 15.6. The molecular weight excluding hydrogens is 286 g/mol. The molecule has 0 spiro atoms. The Kier molecular flexibility index (Phi) is 6.92. The lowest BCUT2D eigenvalue weighted by Gasteiger charge is -2.25. The van der Waals surface area contributed by atoms with Crippen molar-refractivity contribution in [2.24, 2.45) is 4.99 Å². The van der Waals surface area contributed by atoms with Gasteiger partial charge in [0.05, 0.1) is 32.6 Å². The quantitative estimate of drug-likeness (QED) is 0.629. The summed E-state index contributed by atoms with van der Waals surface area (Å²) in [5, 5.41) is 2.64. The molecule has 0 saturated carbocycles. The van der Waals surface area contributed by atoms with E-state index in [4.69, 9.17) is 13.9 Å². The molecule has 122 valence electrons. The predicted molar refractivity (Wildman–Crippen MR) is 82.0 cm³/mol. The van der Waals surface area contributed by atoms with Crippen LogP contribution in [0.4, 0.5) is 0 Å². The Hall–Kier alpha value is -1.86. The van der Waals surface area contributed by atoms with Crippen LogP contribution in [0.3, 0.4) is 0 Å². The van der Waals surface area contributed by atoms with Crippen LogP contribution >= 0.6 is 0 Å². The number of hydrogen-bond donors (Lipinski definition) is 1. The van der Waals surface area contributed by atoms with Crippen LogP contribution in [-0.2, 0) is 9.47 Å².